The number of imidazole rings is 2. The second-order valence-corrected chi connectivity index (χ2v) is 7.00. The Morgan fingerprint density at radius 2 is 1.48 bits per heavy atom. The molecule has 128 valence electrons. The Kier molecular flexibility index (Phi) is 3.75. The fourth-order valence-electron chi connectivity index (χ4n) is 3.05. The van der Waals surface area contributed by atoms with Crippen molar-refractivity contribution in [3.8, 4) is 0 Å². The van der Waals surface area contributed by atoms with Crippen LogP contribution in [0.1, 0.15) is 55.4 Å². The Hall–Kier alpha value is -2.76. The third kappa shape index (κ3) is 2.99. The Morgan fingerprint density at radius 1 is 0.840 bits per heavy atom. The predicted octanol–water partition coefficient (Wildman–Crippen LogP) is 3.55. The van der Waals surface area contributed by atoms with Crippen molar-refractivity contribution in [3.05, 3.63) is 59.4 Å². The summed E-state index contributed by atoms with van der Waals surface area (Å²) in [7, 11) is 0. The number of hydrogen-bond acceptors (Lipinski definition) is 4. The lowest BCUT2D eigenvalue weighted by Crippen LogP contribution is -2.04. The molecule has 0 saturated heterocycles. The summed E-state index contributed by atoms with van der Waals surface area (Å²) in [4.78, 5) is 9.12. The number of nitrogens with zero attached hydrogens (tertiary/aromatic N) is 6. The molecule has 0 aliphatic carbocycles. The maximum atomic E-state index is 4.70. The lowest BCUT2D eigenvalue weighted by molar-refractivity contribution is 0.689. The highest BCUT2D eigenvalue weighted by atomic mass is 15.3. The summed E-state index contributed by atoms with van der Waals surface area (Å²) in [5.74, 6) is 0.672. The van der Waals surface area contributed by atoms with Crippen LogP contribution in [0.3, 0.4) is 0 Å². The highest BCUT2D eigenvalue weighted by molar-refractivity contribution is 5.40. The average Bonchev–Trinajstić information content (AvgIpc) is 3.14. The van der Waals surface area contributed by atoms with E-state index in [1.165, 1.54) is 0 Å². The fraction of sp³-hybridized carbons (Fsp3) is 0.368. The highest BCUT2D eigenvalue weighted by Crippen LogP contribution is 2.20. The zero-order valence-corrected chi connectivity index (χ0v) is 15.0. The van der Waals surface area contributed by atoms with E-state index < -0.39 is 0 Å². The van der Waals surface area contributed by atoms with Crippen LogP contribution in [0.5, 0.6) is 0 Å². The van der Waals surface area contributed by atoms with E-state index in [1.54, 1.807) is 0 Å². The first-order valence-corrected chi connectivity index (χ1v) is 8.68. The SMILES string of the molecule is Cc1cn2nc(C(C)Cc3cn4nc(C(C)C)ccc4n3)ccc2n1. The Morgan fingerprint density at radius 3 is 2.24 bits per heavy atom. The van der Waals surface area contributed by atoms with Crippen molar-refractivity contribution in [1.29, 1.82) is 0 Å². The normalized spacial score (nSPS) is 13.2. The third-order valence-electron chi connectivity index (χ3n) is 4.46. The van der Waals surface area contributed by atoms with Gasteiger partial charge in [0.1, 0.15) is 0 Å². The summed E-state index contributed by atoms with van der Waals surface area (Å²) < 4.78 is 3.73. The lowest BCUT2D eigenvalue weighted by atomic mass is 10.0. The molecule has 25 heavy (non-hydrogen) atoms. The summed E-state index contributed by atoms with van der Waals surface area (Å²) in [6, 6.07) is 8.16. The number of aromatic nitrogens is 6. The summed E-state index contributed by atoms with van der Waals surface area (Å²) in [5.41, 5.74) is 5.89. The van der Waals surface area contributed by atoms with Gasteiger partial charge in [0.15, 0.2) is 11.3 Å². The van der Waals surface area contributed by atoms with Crippen molar-refractivity contribution in [3.63, 3.8) is 0 Å². The predicted molar refractivity (Wildman–Crippen MR) is 96.9 cm³/mol. The van der Waals surface area contributed by atoms with Crippen LogP contribution >= 0.6 is 0 Å². The van der Waals surface area contributed by atoms with Crippen molar-refractivity contribution >= 4 is 11.3 Å². The Labute approximate surface area is 146 Å². The molecule has 6 nitrogen and oxygen atoms in total. The van der Waals surface area contributed by atoms with E-state index in [9.17, 15) is 0 Å². The first kappa shape index (κ1) is 15.7. The fourth-order valence-corrected chi connectivity index (χ4v) is 3.05. The van der Waals surface area contributed by atoms with Gasteiger partial charge in [-0.05, 0) is 43.5 Å². The van der Waals surface area contributed by atoms with Gasteiger partial charge in [-0.2, -0.15) is 10.2 Å². The Balaban J connectivity index is 1.60. The van der Waals surface area contributed by atoms with Crippen LogP contribution in [0.25, 0.3) is 11.3 Å². The van der Waals surface area contributed by atoms with Gasteiger partial charge >= 0.3 is 0 Å². The molecule has 0 aromatic carbocycles. The molecule has 0 aliphatic heterocycles. The second-order valence-electron chi connectivity index (χ2n) is 7.00. The van der Waals surface area contributed by atoms with Crippen molar-refractivity contribution in [1.82, 2.24) is 29.2 Å². The summed E-state index contributed by atoms with van der Waals surface area (Å²) in [6.07, 6.45) is 4.80. The molecule has 1 unspecified atom stereocenters. The van der Waals surface area contributed by atoms with Gasteiger partial charge in [-0.15, -0.1) is 0 Å². The van der Waals surface area contributed by atoms with Crippen LogP contribution in [0, 0.1) is 6.92 Å². The van der Waals surface area contributed by atoms with Crippen molar-refractivity contribution in [2.24, 2.45) is 0 Å². The number of hydrogen-bond donors (Lipinski definition) is 0. The quantitative estimate of drug-likeness (QED) is 0.572. The molecule has 0 radical (unpaired) electrons. The maximum absolute atomic E-state index is 4.70. The van der Waals surface area contributed by atoms with Crippen LogP contribution in [-0.2, 0) is 6.42 Å². The molecular formula is C19H22N6. The van der Waals surface area contributed by atoms with E-state index in [0.29, 0.717) is 5.92 Å². The highest BCUT2D eigenvalue weighted by Gasteiger charge is 2.13. The minimum atomic E-state index is 0.265. The molecule has 0 fully saturated rings. The zero-order valence-electron chi connectivity index (χ0n) is 15.0. The monoisotopic (exact) mass is 334 g/mol. The first-order valence-electron chi connectivity index (χ1n) is 8.68. The van der Waals surface area contributed by atoms with Crippen LogP contribution in [0.4, 0.5) is 0 Å². The Bertz CT molecular complexity index is 1040. The van der Waals surface area contributed by atoms with Gasteiger partial charge in [-0.3, -0.25) is 0 Å². The lowest BCUT2D eigenvalue weighted by Gasteiger charge is -2.09. The molecule has 0 aliphatic rings. The molecular weight excluding hydrogens is 312 g/mol. The van der Waals surface area contributed by atoms with Gasteiger partial charge in [-0.1, -0.05) is 20.8 Å². The van der Waals surface area contributed by atoms with E-state index in [1.807, 2.05) is 40.5 Å². The van der Waals surface area contributed by atoms with Gasteiger partial charge in [0.2, 0.25) is 0 Å². The van der Waals surface area contributed by atoms with Crippen molar-refractivity contribution in [2.75, 3.05) is 0 Å². The third-order valence-corrected chi connectivity index (χ3v) is 4.46. The molecule has 4 aromatic rings. The largest absolute Gasteiger partial charge is 0.232 e. The van der Waals surface area contributed by atoms with Crippen LogP contribution < -0.4 is 0 Å². The van der Waals surface area contributed by atoms with E-state index in [-0.39, 0.29) is 5.92 Å². The van der Waals surface area contributed by atoms with Gasteiger partial charge in [0, 0.05) is 5.92 Å². The molecule has 0 bridgehead atoms. The molecule has 0 saturated carbocycles. The van der Waals surface area contributed by atoms with E-state index in [0.717, 1.165) is 40.5 Å². The van der Waals surface area contributed by atoms with Crippen LogP contribution in [-0.4, -0.2) is 29.2 Å². The smallest absolute Gasteiger partial charge is 0.153 e. The molecule has 0 N–H and O–H groups in total. The maximum Gasteiger partial charge on any atom is 0.153 e. The molecule has 6 heteroatoms. The van der Waals surface area contributed by atoms with E-state index >= 15 is 0 Å². The molecule has 4 heterocycles. The van der Waals surface area contributed by atoms with Gasteiger partial charge in [-0.25, -0.2) is 19.0 Å². The topological polar surface area (TPSA) is 60.4 Å². The molecule has 0 spiro atoms. The molecule has 4 aromatic heterocycles. The minimum absolute atomic E-state index is 0.265. The summed E-state index contributed by atoms with van der Waals surface area (Å²) >= 11 is 0. The summed E-state index contributed by atoms with van der Waals surface area (Å²) in [6.45, 7) is 8.45. The van der Waals surface area contributed by atoms with Gasteiger partial charge in [0.25, 0.3) is 0 Å². The van der Waals surface area contributed by atoms with Gasteiger partial charge < -0.3 is 0 Å². The minimum Gasteiger partial charge on any atom is -0.232 e. The molecule has 0 amide bonds. The second kappa shape index (κ2) is 5.95. The van der Waals surface area contributed by atoms with Crippen molar-refractivity contribution < 1.29 is 0 Å². The van der Waals surface area contributed by atoms with Crippen molar-refractivity contribution in [2.45, 2.75) is 46.0 Å². The number of aryl methyl sites for hydroxylation is 1. The number of rotatable bonds is 4. The molecule has 4 rings (SSSR count). The first-order chi connectivity index (χ1) is 12.0. The van der Waals surface area contributed by atoms with Crippen LogP contribution in [0.15, 0.2) is 36.7 Å². The standard InChI is InChI=1S/C19H22N6/c1-12(2)16-5-7-19-21-15(11-25(19)22-16)9-13(3)17-6-8-18-20-14(4)10-24(18)23-17/h5-8,10-13H,9H2,1-4H3. The number of fused-ring (bicyclic) bond motifs is 2. The average molecular weight is 334 g/mol. The van der Waals surface area contributed by atoms with Gasteiger partial charge in [0.05, 0.1) is 35.2 Å². The van der Waals surface area contributed by atoms with E-state index in [4.69, 9.17) is 4.98 Å². The summed E-state index contributed by atoms with van der Waals surface area (Å²) in [5, 5.41) is 9.33. The van der Waals surface area contributed by atoms with Crippen LogP contribution in [0.2, 0.25) is 0 Å². The molecule has 1 atom stereocenters. The van der Waals surface area contributed by atoms with E-state index in [2.05, 4.69) is 48.1 Å². The zero-order chi connectivity index (χ0) is 17.6.